The second kappa shape index (κ2) is 5.93. The van der Waals surface area contributed by atoms with Crippen LogP contribution in [-0.4, -0.2) is 42.7 Å². The molecule has 1 aromatic rings. The molecule has 0 aliphatic carbocycles. The Kier molecular flexibility index (Phi) is 4.14. The van der Waals surface area contributed by atoms with Gasteiger partial charge in [-0.15, -0.1) is 0 Å². The number of hydrogen-bond acceptors (Lipinski definition) is 4. The third kappa shape index (κ3) is 2.73. The molecule has 0 N–H and O–H groups in total. The molecule has 0 radical (unpaired) electrons. The summed E-state index contributed by atoms with van der Waals surface area (Å²) in [4.78, 5) is 13.3. The van der Waals surface area contributed by atoms with E-state index in [-0.39, 0.29) is 19.6 Å². The van der Waals surface area contributed by atoms with Crippen molar-refractivity contribution in [2.24, 2.45) is 5.92 Å². The van der Waals surface area contributed by atoms with Gasteiger partial charge in [-0.2, -0.15) is 0 Å². The number of fused-ring (bicyclic) bond motifs is 2. The molecule has 0 spiro atoms. The molecule has 120 valence electrons. The molecule has 0 aromatic heterocycles. The molecule has 0 amide bonds. The van der Waals surface area contributed by atoms with E-state index in [0.717, 1.165) is 5.56 Å². The van der Waals surface area contributed by atoms with Crippen LogP contribution in [0.3, 0.4) is 0 Å². The van der Waals surface area contributed by atoms with Gasteiger partial charge in [0.2, 0.25) is 0 Å². The van der Waals surface area contributed by atoms with Gasteiger partial charge in [0.15, 0.2) is 0 Å². The zero-order valence-corrected chi connectivity index (χ0v) is 12.4. The Balaban J connectivity index is 1.62. The van der Waals surface area contributed by atoms with E-state index in [0.29, 0.717) is 6.61 Å². The number of alkyl halides is 2. The largest absolute Gasteiger partial charge is 0.469 e. The minimum absolute atomic E-state index is 0.104. The number of ether oxygens (including phenoxy) is 2. The topological polar surface area (TPSA) is 38.8 Å². The van der Waals surface area contributed by atoms with Gasteiger partial charge in [-0.3, -0.25) is 9.69 Å². The fourth-order valence-electron chi connectivity index (χ4n) is 3.52. The molecule has 2 aliphatic heterocycles. The van der Waals surface area contributed by atoms with Crippen molar-refractivity contribution in [2.45, 2.75) is 37.5 Å². The number of hydrogen-bond donors (Lipinski definition) is 0. The molecular weight excluding hydrogens is 292 g/mol. The maximum atomic E-state index is 13.9. The van der Waals surface area contributed by atoms with Gasteiger partial charge in [-0.05, 0) is 12.0 Å². The molecule has 2 fully saturated rings. The minimum Gasteiger partial charge on any atom is -0.469 e. The first-order chi connectivity index (χ1) is 10.5. The molecule has 3 rings (SSSR count). The highest BCUT2D eigenvalue weighted by molar-refractivity contribution is 5.74. The molecule has 2 bridgehead atoms. The molecule has 2 heterocycles. The molecule has 1 aromatic carbocycles. The summed E-state index contributed by atoms with van der Waals surface area (Å²) >= 11 is 0. The lowest BCUT2D eigenvalue weighted by atomic mass is 9.87. The number of nitrogens with zero attached hydrogens (tertiary/aromatic N) is 1. The average Bonchev–Trinajstić information content (AvgIpc) is 2.97. The smallest absolute Gasteiger partial charge is 0.310 e. The van der Waals surface area contributed by atoms with Gasteiger partial charge >= 0.3 is 5.97 Å². The summed E-state index contributed by atoms with van der Waals surface area (Å²) in [5, 5.41) is 0. The van der Waals surface area contributed by atoms with E-state index in [2.05, 4.69) is 0 Å². The summed E-state index contributed by atoms with van der Waals surface area (Å²) in [5.74, 6) is -3.64. The van der Waals surface area contributed by atoms with Crippen LogP contribution in [0, 0.1) is 5.92 Å². The molecule has 2 aliphatic rings. The number of rotatable bonds is 5. The summed E-state index contributed by atoms with van der Waals surface area (Å²) in [6.45, 7) is 0.471. The minimum atomic E-state index is -2.76. The molecule has 3 atom stereocenters. The summed E-state index contributed by atoms with van der Waals surface area (Å²) in [5.41, 5.74) is 0.991. The average molecular weight is 311 g/mol. The Hall–Kier alpha value is -1.53. The second-order valence-corrected chi connectivity index (χ2v) is 5.89. The van der Waals surface area contributed by atoms with Gasteiger partial charge in [0.05, 0.1) is 25.7 Å². The standard InChI is InChI=1S/C16H19F2NO3/c1-21-15(20)12-7-14-16(17,18)8-13(12)19(14)10-22-9-11-5-3-2-4-6-11/h2-6,12-14H,7-10H2,1H3. The van der Waals surface area contributed by atoms with Gasteiger partial charge in [0, 0.05) is 12.5 Å². The first-order valence-electron chi connectivity index (χ1n) is 7.36. The Morgan fingerprint density at radius 1 is 1.36 bits per heavy atom. The lowest BCUT2D eigenvalue weighted by molar-refractivity contribution is -0.147. The highest BCUT2D eigenvalue weighted by Crippen LogP contribution is 2.50. The number of esters is 1. The number of halogens is 2. The van der Waals surface area contributed by atoms with E-state index in [1.54, 1.807) is 4.90 Å². The van der Waals surface area contributed by atoms with Crippen molar-refractivity contribution in [3.8, 4) is 0 Å². The van der Waals surface area contributed by atoms with E-state index < -0.39 is 29.9 Å². The van der Waals surface area contributed by atoms with Crippen molar-refractivity contribution >= 4 is 5.97 Å². The first-order valence-corrected chi connectivity index (χ1v) is 7.36. The second-order valence-electron chi connectivity index (χ2n) is 5.89. The summed E-state index contributed by atoms with van der Waals surface area (Å²) in [7, 11) is 1.29. The van der Waals surface area contributed by atoms with E-state index in [4.69, 9.17) is 9.47 Å². The number of carbonyl (C=O) groups is 1. The maximum Gasteiger partial charge on any atom is 0.310 e. The molecule has 2 saturated heterocycles. The number of carbonyl (C=O) groups excluding carboxylic acids is 1. The predicted octanol–water partition coefficient (Wildman–Crippen LogP) is 2.43. The van der Waals surface area contributed by atoms with Crippen molar-refractivity contribution in [3.63, 3.8) is 0 Å². The van der Waals surface area contributed by atoms with E-state index in [9.17, 15) is 13.6 Å². The van der Waals surface area contributed by atoms with Crippen LogP contribution in [-0.2, 0) is 20.9 Å². The monoisotopic (exact) mass is 311 g/mol. The van der Waals surface area contributed by atoms with Gasteiger partial charge in [-0.25, -0.2) is 8.78 Å². The van der Waals surface area contributed by atoms with Gasteiger partial charge in [0.1, 0.15) is 6.73 Å². The summed E-state index contributed by atoms with van der Waals surface area (Å²) < 4.78 is 38.2. The molecule has 6 heteroatoms. The summed E-state index contributed by atoms with van der Waals surface area (Å²) in [6, 6.07) is 8.13. The fraction of sp³-hybridized carbons (Fsp3) is 0.562. The fourth-order valence-corrected chi connectivity index (χ4v) is 3.52. The normalized spacial score (nSPS) is 29.7. The van der Waals surface area contributed by atoms with Crippen LogP contribution < -0.4 is 0 Å². The van der Waals surface area contributed by atoms with E-state index >= 15 is 0 Å². The summed E-state index contributed by atoms with van der Waals surface area (Å²) in [6.07, 6.45) is -0.162. The van der Waals surface area contributed by atoms with Crippen LogP contribution in [0.2, 0.25) is 0 Å². The molecular formula is C16H19F2NO3. The van der Waals surface area contributed by atoms with Crippen LogP contribution in [0.4, 0.5) is 8.78 Å². The van der Waals surface area contributed by atoms with Crippen molar-refractivity contribution in [2.75, 3.05) is 13.8 Å². The lowest BCUT2D eigenvalue weighted by Crippen LogP contribution is -2.37. The lowest BCUT2D eigenvalue weighted by Gasteiger charge is -2.24. The third-order valence-electron chi connectivity index (χ3n) is 4.59. The first kappa shape index (κ1) is 15.4. The molecule has 22 heavy (non-hydrogen) atoms. The SMILES string of the molecule is COC(=O)C1CC2N(COCc3ccccc3)C1CC2(F)F. The highest BCUT2D eigenvalue weighted by atomic mass is 19.3. The maximum absolute atomic E-state index is 13.9. The van der Waals surface area contributed by atoms with Crippen LogP contribution in [0.1, 0.15) is 18.4 Å². The van der Waals surface area contributed by atoms with Crippen LogP contribution >= 0.6 is 0 Å². The zero-order chi connectivity index (χ0) is 15.7. The quantitative estimate of drug-likeness (QED) is 0.783. The predicted molar refractivity (Wildman–Crippen MR) is 75.2 cm³/mol. The molecule has 4 nitrogen and oxygen atoms in total. The van der Waals surface area contributed by atoms with Gasteiger partial charge in [-0.1, -0.05) is 30.3 Å². The van der Waals surface area contributed by atoms with Crippen LogP contribution in [0.5, 0.6) is 0 Å². The molecule has 0 saturated carbocycles. The van der Waals surface area contributed by atoms with Crippen molar-refractivity contribution in [1.29, 1.82) is 0 Å². The van der Waals surface area contributed by atoms with Crippen molar-refractivity contribution in [1.82, 2.24) is 4.90 Å². The van der Waals surface area contributed by atoms with Crippen LogP contribution in [0.25, 0.3) is 0 Å². The number of methoxy groups -OCH3 is 1. The number of benzene rings is 1. The third-order valence-corrected chi connectivity index (χ3v) is 4.59. The van der Waals surface area contributed by atoms with E-state index in [1.807, 2.05) is 30.3 Å². The van der Waals surface area contributed by atoms with Crippen molar-refractivity contribution < 1.29 is 23.0 Å². The highest BCUT2D eigenvalue weighted by Gasteiger charge is 2.63. The van der Waals surface area contributed by atoms with Gasteiger partial charge in [0.25, 0.3) is 5.92 Å². The zero-order valence-electron chi connectivity index (χ0n) is 12.4. The Morgan fingerprint density at radius 3 is 2.77 bits per heavy atom. The van der Waals surface area contributed by atoms with Gasteiger partial charge < -0.3 is 9.47 Å². The Labute approximate surface area is 128 Å². The molecule has 3 unspecified atom stereocenters. The van der Waals surface area contributed by atoms with E-state index in [1.165, 1.54) is 7.11 Å². The Bertz CT molecular complexity index is 537. The Morgan fingerprint density at radius 2 is 2.09 bits per heavy atom. The van der Waals surface area contributed by atoms with Crippen LogP contribution in [0.15, 0.2) is 30.3 Å². The van der Waals surface area contributed by atoms with Crippen molar-refractivity contribution in [3.05, 3.63) is 35.9 Å².